The highest BCUT2D eigenvalue weighted by atomic mass is 35.5. The third-order valence-electron chi connectivity index (χ3n) is 4.27. The minimum atomic E-state index is -0.333. The van der Waals surface area contributed by atoms with E-state index in [1.54, 1.807) is 30.5 Å². The standard InChI is InChI=1S/C24H23ClN2O3/c1-18-8-2-4-12-22(18)29-14-7-15-30-23-13-5-3-9-20(23)17-26-27-24(28)19-10-6-11-21(25)16-19/h2-6,8-13,16-17H,7,14-15H2,1H3,(H,27,28)/b26-17+. The van der Waals surface area contributed by atoms with Crippen molar-refractivity contribution in [3.63, 3.8) is 0 Å². The maximum absolute atomic E-state index is 12.1. The Balaban J connectivity index is 1.48. The summed E-state index contributed by atoms with van der Waals surface area (Å²) in [6.45, 7) is 3.09. The van der Waals surface area contributed by atoms with Crippen LogP contribution in [0.1, 0.15) is 27.9 Å². The fraction of sp³-hybridized carbons (Fsp3) is 0.167. The van der Waals surface area contributed by atoms with Crippen LogP contribution in [0.2, 0.25) is 5.02 Å². The van der Waals surface area contributed by atoms with Crippen LogP contribution in [0.25, 0.3) is 0 Å². The number of nitrogens with zero attached hydrogens (tertiary/aromatic N) is 1. The molecular weight excluding hydrogens is 400 g/mol. The average Bonchev–Trinajstić information content (AvgIpc) is 2.75. The maximum atomic E-state index is 12.1. The predicted molar refractivity (Wildman–Crippen MR) is 120 cm³/mol. The molecule has 0 atom stereocenters. The Bertz CT molecular complexity index is 1020. The third-order valence-corrected chi connectivity index (χ3v) is 4.51. The first-order chi connectivity index (χ1) is 14.6. The smallest absolute Gasteiger partial charge is 0.271 e. The number of amides is 1. The fourth-order valence-corrected chi connectivity index (χ4v) is 2.91. The molecule has 154 valence electrons. The van der Waals surface area contributed by atoms with Crippen LogP contribution in [0, 0.1) is 6.92 Å². The lowest BCUT2D eigenvalue weighted by Gasteiger charge is -2.11. The molecule has 0 fully saturated rings. The Morgan fingerprint density at radius 3 is 2.43 bits per heavy atom. The minimum Gasteiger partial charge on any atom is -0.493 e. The molecule has 1 N–H and O–H groups in total. The van der Waals surface area contributed by atoms with Crippen molar-refractivity contribution >= 4 is 23.7 Å². The van der Waals surface area contributed by atoms with Crippen LogP contribution >= 0.6 is 11.6 Å². The van der Waals surface area contributed by atoms with E-state index in [4.69, 9.17) is 21.1 Å². The lowest BCUT2D eigenvalue weighted by molar-refractivity contribution is 0.0955. The molecule has 0 spiro atoms. The van der Waals surface area contributed by atoms with Crippen molar-refractivity contribution in [2.24, 2.45) is 5.10 Å². The summed E-state index contributed by atoms with van der Waals surface area (Å²) in [4.78, 5) is 12.1. The number of ether oxygens (including phenoxy) is 2. The van der Waals surface area contributed by atoms with Crippen molar-refractivity contribution in [2.45, 2.75) is 13.3 Å². The van der Waals surface area contributed by atoms with Crippen molar-refractivity contribution in [2.75, 3.05) is 13.2 Å². The second kappa shape index (κ2) is 11.0. The summed E-state index contributed by atoms with van der Waals surface area (Å²) in [7, 11) is 0. The maximum Gasteiger partial charge on any atom is 0.271 e. The van der Waals surface area contributed by atoms with Gasteiger partial charge in [-0.05, 0) is 48.9 Å². The first kappa shape index (κ1) is 21.4. The largest absolute Gasteiger partial charge is 0.493 e. The number of hydrogen-bond donors (Lipinski definition) is 1. The lowest BCUT2D eigenvalue weighted by atomic mass is 10.2. The van der Waals surface area contributed by atoms with E-state index in [1.165, 1.54) is 0 Å². The number of rotatable bonds is 9. The van der Waals surface area contributed by atoms with E-state index in [9.17, 15) is 4.79 Å². The van der Waals surface area contributed by atoms with Gasteiger partial charge in [-0.15, -0.1) is 0 Å². The predicted octanol–water partition coefficient (Wildman–Crippen LogP) is 5.26. The molecule has 0 radical (unpaired) electrons. The van der Waals surface area contributed by atoms with Crippen LogP contribution < -0.4 is 14.9 Å². The number of benzene rings is 3. The number of nitrogens with one attached hydrogen (secondary N) is 1. The molecule has 0 saturated carbocycles. The number of hydrazone groups is 1. The highest BCUT2D eigenvalue weighted by Gasteiger charge is 2.05. The monoisotopic (exact) mass is 422 g/mol. The molecule has 3 aromatic rings. The molecular formula is C24H23ClN2O3. The van der Waals surface area contributed by atoms with Crippen LogP contribution in [0.3, 0.4) is 0 Å². The quantitative estimate of drug-likeness (QED) is 0.290. The molecule has 0 unspecified atom stereocenters. The van der Waals surface area contributed by atoms with Gasteiger partial charge in [-0.25, -0.2) is 5.43 Å². The van der Waals surface area contributed by atoms with Crippen molar-refractivity contribution in [3.8, 4) is 11.5 Å². The summed E-state index contributed by atoms with van der Waals surface area (Å²) in [5.74, 6) is 1.25. The van der Waals surface area contributed by atoms with Gasteiger partial charge < -0.3 is 9.47 Å². The molecule has 0 aliphatic carbocycles. The first-order valence-corrected chi connectivity index (χ1v) is 10.0. The molecule has 30 heavy (non-hydrogen) atoms. The molecule has 0 aliphatic rings. The van der Waals surface area contributed by atoms with Crippen molar-refractivity contribution in [3.05, 3.63) is 94.5 Å². The Hall–Kier alpha value is -3.31. The van der Waals surface area contributed by atoms with E-state index in [1.807, 2.05) is 55.5 Å². The molecule has 3 aromatic carbocycles. The van der Waals surface area contributed by atoms with Crippen LogP contribution in [-0.2, 0) is 0 Å². The van der Waals surface area contributed by atoms with Crippen LogP contribution in [0.4, 0.5) is 0 Å². The highest BCUT2D eigenvalue weighted by Crippen LogP contribution is 2.18. The van der Waals surface area contributed by atoms with Gasteiger partial charge >= 0.3 is 0 Å². The molecule has 5 nitrogen and oxygen atoms in total. The van der Waals surface area contributed by atoms with Crippen LogP contribution in [0.15, 0.2) is 77.9 Å². The molecule has 0 aliphatic heterocycles. The Kier molecular flexibility index (Phi) is 7.86. The second-order valence-electron chi connectivity index (χ2n) is 6.56. The van der Waals surface area contributed by atoms with Crippen molar-refractivity contribution in [1.82, 2.24) is 5.43 Å². The number of hydrogen-bond acceptors (Lipinski definition) is 4. The van der Waals surface area contributed by atoms with Gasteiger partial charge in [-0.2, -0.15) is 5.10 Å². The normalized spacial score (nSPS) is 10.7. The summed E-state index contributed by atoms with van der Waals surface area (Å²) in [5.41, 5.74) is 4.82. The van der Waals surface area contributed by atoms with E-state index in [0.717, 1.165) is 23.3 Å². The third kappa shape index (κ3) is 6.36. The van der Waals surface area contributed by atoms with E-state index >= 15 is 0 Å². The summed E-state index contributed by atoms with van der Waals surface area (Å²) in [5, 5.41) is 4.53. The number of halogens is 1. The molecule has 0 bridgehead atoms. The number of para-hydroxylation sites is 2. The van der Waals surface area contributed by atoms with Gasteiger partial charge in [0.2, 0.25) is 0 Å². The zero-order valence-corrected chi connectivity index (χ0v) is 17.4. The number of carbonyl (C=O) groups is 1. The molecule has 3 rings (SSSR count). The lowest BCUT2D eigenvalue weighted by Crippen LogP contribution is -2.17. The van der Waals surface area contributed by atoms with E-state index in [2.05, 4.69) is 10.5 Å². The average molecular weight is 423 g/mol. The number of aryl methyl sites for hydroxylation is 1. The molecule has 1 amide bonds. The molecule has 0 heterocycles. The van der Waals surface area contributed by atoms with Crippen LogP contribution in [0.5, 0.6) is 11.5 Å². The summed E-state index contributed by atoms with van der Waals surface area (Å²) >= 11 is 5.91. The highest BCUT2D eigenvalue weighted by molar-refractivity contribution is 6.30. The summed E-state index contributed by atoms with van der Waals surface area (Å²) < 4.78 is 11.6. The van der Waals surface area contributed by atoms with Gasteiger partial charge in [0.1, 0.15) is 11.5 Å². The minimum absolute atomic E-state index is 0.333. The van der Waals surface area contributed by atoms with Crippen molar-refractivity contribution in [1.29, 1.82) is 0 Å². The second-order valence-corrected chi connectivity index (χ2v) is 7.00. The van der Waals surface area contributed by atoms with Gasteiger partial charge in [-0.1, -0.05) is 48.0 Å². The van der Waals surface area contributed by atoms with Crippen LogP contribution in [-0.4, -0.2) is 25.3 Å². The zero-order chi connectivity index (χ0) is 21.2. The van der Waals surface area contributed by atoms with Gasteiger partial charge in [0.05, 0.1) is 19.4 Å². The Morgan fingerprint density at radius 1 is 0.967 bits per heavy atom. The van der Waals surface area contributed by atoms with Gasteiger partial charge in [0, 0.05) is 22.6 Å². The fourth-order valence-electron chi connectivity index (χ4n) is 2.71. The summed E-state index contributed by atoms with van der Waals surface area (Å²) in [6, 6.07) is 22.1. The molecule has 0 aromatic heterocycles. The van der Waals surface area contributed by atoms with E-state index in [-0.39, 0.29) is 5.91 Å². The summed E-state index contributed by atoms with van der Waals surface area (Å²) in [6.07, 6.45) is 2.30. The van der Waals surface area contributed by atoms with E-state index in [0.29, 0.717) is 29.5 Å². The Morgan fingerprint density at radius 2 is 1.67 bits per heavy atom. The number of carbonyl (C=O) groups excluding carboxylic acids is 1. The molecule has 6 heteroatoms. The van der Waals surface area contributed by atoms with Gasteiger partial charge in [0.25, 0.3) is 5.91 Å². The van der Waals surface area contributed by atoms with E-state index < -0.39 is 0 Å². The van der Waals surface area contributed by atoms with Gasteiger partial charge in [0.15, 0.2) is 0 Å². The topological polar surface area (TPSA) is 59.9 Å². The zero-order valence-electron chi connectivity index (χ0n) is 16.7. The SMILES string of the molecule is Cc1ccccc1OCCCOc1ccccc1/C=N/NC(=O)c1cccc(Cl)c1. The molecule has 0 saturated heterocycles. The van der Waals surface area contributed by atoms with Crippen molar-refractivity contribution < 1.29 is 14.3 Å². The van der Waals surface area contributed by atoms with Gasteiger partial charge in [-0.3, -0.25) is 4.79 Å². The Labute approximate surface area is 181 Å². The first-order valence-electron chi connectivity index (χ1n) is 9.63.